The van der Waals surface area contributed by atoms with Gasteiger partial charge in [0.15, 0.2) is 0 Å². The van der Waals surface area contributed by atoms with Crippen molar-refractivity contribution in [3.8, 4) is 5.88 Å². The summed E-state index contributed by atoms with van der Waals surface area (Å²) in [5.74, 6) is -0.828. The van der Waals surface area contributed by atoms with Crippen LogP contribution in [-0.2, 0) is 0 Å². The summed E-state index contributed by atoms with van der Waals surface area (Å²) >= 11 is 10.4. The molecule has 0 amide bonds. The second-order valence-electron chi connectivity index (χ2n) is 2.33. The number of pyridine rings is 1. The first kappa shape index (κ1) is 12.1. The van der Waals surface area contributed by atoms with Crippen molar-refractivity contribution in [3.63, 3.8) is 0 Å². The fraction of sp³-hybridized carbons (Fsp3) is 0.143. The Hall–Kier alpha value is -1.01. The molecule has 0 atom stereocenters. The highest BCUT2D eigenvalue weighted by Crippen LogP contribution is 2.28. The fourth-order valence-electron chi connectivity index (χ4n) is 0.718. The van der Waals surface area contributed by atoms with E-state index >= 15 is 0 Å². The first-order chi connectivity index (χ1) is 6.79. The van der Waals surface area contributed by atoms with Crippen molar-refractivity contribution in [2.24, 2.45) is 0 Å². The molecule has 0 saturated heterocycles. The Morgan fingerprint density at radius 2 is 2.07 bits per heavy atom. The summed E-state index contributed by atoms with van der Waals surface area (Å²) in [7, 11) is 0. The molecule has 0 radical (unpaired) electrons. The summed E-state index contributed by atoms with van der Waals surface area (Å²) < 4.78 is 38.8. The van der Waals surface area contributed by atoms with Gasteiger partial charge in [0.1, 0.15) is 5.02 Å². The van der Waals surface area contributed by atoms with E-state index in [1.165, 1.54) is 0 Å². The van der Waals surface area contributed by atoms with Gasteiger partial charge in [0.25, 0.3) is 5.24 Å². The van der Waals surface area contributed by atoms with Gasteiger partial charge in [-0.05, 0) is 17.7 Å². The van der Waals surface area contributed by atoms with Crippen molar-refractivity contribution >= 4 is 28.4 Å². The molecule has 0 fully saturated rings. The molecule has 0 aromatic carbocycles. The van der Waals surface area contributed by atoms with E-state index in [0.29, 0.717) is 0 Å². The monoisotopic (exact) mass is 259 g/mol. The molecule has 0 saturated carbocycles. The van der Waals surface area contributed by atoms with E-state index in [0.717, 1.165) is 12.3 Å². The Kier molecular flexibility index (Phi) is 3.41. The largest absolute Gasteiger partial charge is 0.574 e. The molecule has 0 aliphatic carbocycles. The Morgan fingerprint density at radius 1 is 1.47 bits per heavy atom. The number of carbonyl (C=O) groups excluding carboxylic acids is 1. The third-order valence-electron chi connectivity index (χ3n) is 1.25. The highest BCUT2D eigenvalue weighted by atomic mass is 35.5. The first-order valence-electron chi connectivity index (χ1n) is 3.41. The lowest BCUT2D eigenvalue weighted by molar-refractivity contribution is -0.276. The molecule has 8 heteroatoms. The lowest BCUT2D eigenvalue weighted by Crippen LogP contribution is -2.18. The minimum atomic E-state index is -4.89. The van der Waals surface area contributed by atoms with E-state index in [2.05, 4.69) is 9.72 Å². The quantitative estimate of drug-likeness (QED) is 0.767. The minimum Gasteiger partial charge on any atom is -0.386 e. The molecule has 15 heavy (non-hydrogen) atoms. The maximum absolute atomic E-state index is 11.8. The predicted molar refractivity (Wildman–Crippen MR) is 46.1 cm³/mol. The molecular weight excluding hydrogens is 258 g/mol. The smallest absolute Gasteiger partial charge is 0.386 e. The number of hydrogen-bond acceptors (Lipinski definition) is 3. The highest BCUT2D eigenvalue weighted by molar-refractivity contribution is 6.67. The van der Waals surface area contributed by atoms with E-state index in [4.69, 9.17) is 23.2 Å². The zero-order valence-corrected chi connectivity index (χ0v) is 8.32. The van der Waals surface area contributed by atoms with Crippen LogP contribution in [0.2, 0.25) is 5.02 Å². The Labute approximate surface area is 91.8 Å². The minimum absolute atomic E-state index is 0.115. The number of alkyl halides is 3. The summed E-state index contributed by atoms with van der Waals surface area (Å²) in [6, 6.07) is 0.935. The molecule has 1 rings (SSSR count). The number of rotatable bonds is 2. The van der Waals surface area contributed by atoms with Crippen molar-refractivity contribution < 1.29 is 22.7 Å². The van der Waals surface area contributed by atoms with Crippen LogP contribution in [0, 0.1) is 0 Å². The zero-order valence-electron chi connectivity index (χ0n) is 6.81. The highest BCUT2D eigenvalue weighted by Gasteiger charge is 2.32. The lowest BCUT2D eigenvalue weighted by Gasteiger charge is -2.08. The molecule has 0 unspecified atom stereocenters. The van der Waals surface area contributed by atoms with Crippen molar-refractivity contribution in [2.75, 3.05) is 0 Å². The molecule has 0 aliphatic rings. The molecule has 1 aromatic rings. The number of halogens is 5. The topological polar surface area (TPSA) is 39.2 Å². The second kappa shape index (κ2) is 4.24. The number of ether oxygens (including phenoxy) is 1. The van der Waals surface area contributed by atoms with Gasteiger partial charge in [-0.15, -0.1) is 13.2 Å². The maximum atomic E-state index is 11.8. The fourth-order valence-corrected chi connectivity index (χ4v) is 1.03. The zero-order chi connectivity index (χ0) is 11.6. The van der Waals surface area contributed by atoms with Gasteiger partial charge in [-0.1, -0.05) is 11.6 Å². The van der Waals surface area contributed by atoms with Gasteiger partial charge in [-0.2, -0.15) is 0 Å². The molecule has 1 aromatic heterocycles. The lowest BCUT2D eigenvalue weighted by atomic mass is 10.3. The third kappa shape index (κ3) is 3.56. The van der Waals surface area contributed by atoms with Crippen LogP contribution in [0.1, 0.15) is 10.4 Å². The average molecular weight is 260 g/mol. The number of hydrogen-bond donors (Lipinski definition) is 0. The summed E-state index contributed by atoms with van der Waals surface area (Å²) in [5, 5.41) is -1.32. The second-order valence-corrected chi connectivity index (χ2v) is 3.08. The van der Waals surface area contributed by atoms with E-state index in [-0.39, 0.29) is 5.56 Å². The normalized spacial score (nSPS) is 11.3. The van der Waals surface area contributed by atoms with Crippen molar-refractivity contribution in [1.29, 1.82) is 0 Å². The summed E-state index contributed by atoms with van der Waals surface area (Å²) in [4.78, 5) is 13.8. The average Bonchev–Trinajstić information content (AvgIpc) is 2.05. The number of carbonyl (C=O) groups is 1. The van der Waals surface area contributed by atoms with Gasteiger partial charge in [0, 0.05) is 6.20 Å². The molecule has 0 bridgehead atoms. The Balaban J connectivity index is 2.99. The van der Waals surface area contributed by atoms with Crippen LogP contribution in [0.25, 0.3) is 0 Å². The molecular formula is C7H2Cl2F3NO2. The standard InChI is InChI=1S/C7H2Cl2F3NO2/c8-4-1-3(5(9)14)2-13-6(4)15-7(10,11)12/h1-2H. The molecule has 0 aliphatic heterocycles. The molecule has 82 valence electrons. The Morgan fingerprint density at radius 3 is 2.47 bits per heavy atom. The number of nitrogens with zero attached hydrogens (tertiary/aromatic N) is 1. The van der Waals surface area contributed by atoms with Crippen LogP contribution < -0.4 is 4.74 Å². The van der Waals surface area contributed by atoms with Gasteiger partial charge in [0.2, 0.25) is 5.88 Å². The molecule has 0 N–H and O–H groups in total. The van der Waals surface area contributed by atoms with Crippen LogP contribution >= 0.6 is 23.2 Å². The maximum Gasteiger partial charge on any atom is 0.574 e. The van der Waals surface area contributed by atoms with Crippen LogP contribution in [0.4, 0.5) is 13.2 Å². The van der Waals surface area contributed by atoms with Crippen molar-refractivity contribution in [3.05, 3.63) is 22.8 Å². The van der Waals surface area contributed by atoms with Gasteiger partial charge < -0.3 is 4.74 Å². The summed E-state index contributed by atoms with van der Waals surface area (Å²) in [6.07, 6.45) is -4.05. The van der Waals surface area contributed by atoms with E-state index < -0.39 is 22.5 Å². The van der Waals surface area contributed by atoms with Gasteiger partial charge in [-0.25, -0.2) is 4.98 Å². The van der Waals surface area contributed by atoms with Crippen LogP contribution in [0.15, 0.2) is 12.3 Å². The van der Waals surface area contributed by atoms with Gasteiger partial charge in [-0.3, -0.25) is 4.79 Å². The Bertz CT molecular complexity index is 394. The predicted octanol–water partition coefficient (Wildman–Crippen LogP) is 3.01. The summed E-state index contributed by atoms with van der Waals surface area (Å²) in [5.41, 5.74) is -0.115. The summed E-state index contributed by atoms with van der Waals surface area (Å²) in [6.45, 7) is 0. The molecule has 3 nitrogen and oxygen atoms in total. The van der Waals surface area contributed by atoms with E-state index in [1.807, 2.05) is 0 Å². The SMILES string of the molecule is O=C(Cl)c1cnc(OC(F)(F)F)c(Cl)c1. The first-order valence-corrected chi connectivity index (χ1v) is 4.16. The van der Waals surface area contributed by atoms with Crippen molar-refractivity contribution in [2.45, 2.75) is 6.36 Å². The van der Waals surface area contributed by atoms with Crippen LogP contribution in [0.3, 0.4) is 0 Å². The number of aromatic nitrogens is 1. The molecule has 1 heterocycles. The van der Waals surface area contributed by atoms with Crippen molar-refractivity contribution in [1.82, 2.24) is 4.98 Å². The van der Waals surface area contributed by atoms with E-state index in [1.54, 1.807) is 0 Å². The van der Waals surface area contributed by atoms with E-state index in [9.17, 15) is 18.0 Å². The van der Waals surface area contributed by atoms with Crippen LogP contribution in [-0.4, -0.2) is 16.6 Å². The third-order valence-corrected chi connectivity index (χ3v) is 1.74. The van der Waals surface area contributed by atoms with Crippen LogP contribution in [0.5, 0.6) is 5.88 Å². The van der Waals surface area contributed by atoms with Gasteiger partial charge in [0.05, 0.1) is 5.56 Å². The molecule has 0 spiro atoms. The van der Waals surface area contributed by atoms with Gasteiger partial charge >= 0.3 is 6.36 Å².